The van der Waals surface area contributed by atoms with Crippen LogP contribution in [0.1, 0.15) is 24.3 Å². The zero-order valence-electron chi connectivity index (χ0n) is 9.56. The van der Waals surface area contributed by atoms with E-state index >= 15 is 0 Å². The molecular weight excluding hydrogens is 220 g/mol. The molecule has 3 nitrogen and oxygen atoms in total. The second-order valence-corrected chi connectivity index (χ2v) is 4.93. The molecule has 0 fully saturated rings. The molecule has 2 aromatic rings. The maximum Gasteiger partial charge on any atom is 0.120 e. The van der Waals surface area contributed by atoms with Crippen LogP contribution in [0, 0.1) is 0 Å². The largest absolute Gasteiger partial charge is 0.497 e. The molecule has 16 heavy (non-hydrogen) atoms. The van der Waals surface area contributed by atoms with Gasteiger partial charge in [0, 0.05) is 5.92 Å². The molecular formula is C12H16N2OS. The van der Waals surface area contributed by atoms with E-state index in [0.717, 1.165) is 22.7 Å². The Hall–Kier alpha value is -1.13. The highest BCUT2D eigenvalue weighted by Gasteiger charge is 2.11. The Morgan fingerprint density at radius 1 is 1.50 bits per heavy atom. The van der Waals surface area contributed by atoms with Gasteiger partial charge in [-0.25, -0.2) is 4.98 Å². The number of benzene rings is 1. The lowest BCUT2D eigenvalue weighted by molar-refractivity contribution is 0.415. The van der Waals surface area contributed by atoms with Gasteiger partial charge in [-0.2, -0.15) is 0 Å². The summed E-state index contributed by atoms with van der Waals surface area (Å²) < 4.78 is 6.38. The first-order chi connectivity index (χ1) is 7.74. The topological polar surface area (TPSA) is 48.1 Å². The lowest BCUT2D eigenvalue weighted by atomic mass is 10.1. The highest BCUT2D eigenvalue weighted by atomic mass is 32.1. The van der Waals surface area contributed by atoms with Crippen LogP contribution in [0.3, 0.4) is 0 Å². The minimum absolute atomic E-state index is 0.438. The molecule has 4 heteroatoms. The van der Waals surface area contributed by atoms with Crippen LogP contribution in [0.5, 0.6) is 5.75 Å². The maximum atomic E-state index is 5.56. The smallest absolute Gasteiger partial charge is 0.120 e. The molecule has 0 amide bonds. The normalized spacial score (nSPS) is 12.9. The van der Waals surface area contributed by atoms with Gasteiger partial charge in [0.05, 0.1) is 22.3 Å². The zero-order valence-corrected chi connectivity index (χ0v) is 10.4. The first kappa shape index (κ1) is 11.4. The Bertz CT molecular complexity index is 481. The fourth-order valence-corrected chi connectivity index (χ4v) is 2.72. The van der Waals surface area contributed by atoms with Crippen molar-refractivity contribution in [3.05, 3.63) is 23.2 Å². The molecule has 1 atom stereocenters. The lowest BCUT2D eigenvalue weighted by Crippen LogP contribution is -2.03. The number of fused-ring (bicyclic) bond motifs is 1. The van der Waals surface area contributed by atoms with Crippen molar-refractivity contribution < 1.29 is 4.74 Å². The second kappa shape index (κ2) is 4.80. The van der Waals surface area contributed by atoms with E-state index in [4.69, 9.17) is 10.5 Å². The van der Waals surface area contributed by atoms with Gasteiger partial charge < -0.3 is 10.5 Å². The van der Waals surface area contributed by atoms with Gasteiger partial charge in [0.1, 0.15) is 5.75 Å². The van der Waals surface area contributed by atoms with E-state index in [1.807, 2.05) is 18.2 Å². The number of nitrogens with two attached hydrogens (primary N) is 1. The molecule has 0 bridgehead atoms. The highest BCUT2D eigenvalue weighted by molar-refractivity contribution is 7.18. The van der Waals surface area contributed by atoms with Gasteiger partial charge in [-0.3, -0.25) is 0 Å². The molecule has 1 aromatic carbocycles. The summed E-state index contributed by atoms with van der Waals surface area (Å²) in [7, 11) is 1.68. The third-order valence-electron chi connectivity index (χ3n) is 2.63. The monoisotopic (exact) mass is 236 g/mol. The number of methoxy groups -OCH3 is 1. The molecule has 0 radical (unpaired) electrons. The van der Waals surface area contributed by atoms with Gasteiger partial charge in [-0.15, -0.1) is 11.3 Å². The Labute approximate surface area is 99.3 Å². The molecule has 1 heterocycles. The van der Waals surface area contributed by atoms with Gasteiger partial charge >= 0.3 is 0 Å². The number of nitrogens with zero attached hydrogens (tertiary/aromatic N) is 1. The molecule has 0 spiro atoms. The molecule has 1 aromatic heterocycles. The summed E-state index contributed by atoms with van der Waals surface area (Å²) in [5, 5.41) is 1.16. The molecule has 0 aliphatic rings. The van der Waals surface area contributed by atoms with Crippen molar-refractivity contribution in [3.63, 3.8) is 0 Å². The van der Waals surface area contributed by atoms with Crippen LogP contribution >= 0.6 is 11.3 Å². The van der Waals surface area contributed by atoms with Crippen LogP contribution in [0.15, 0.2) is 18.2 Å². The second-order valence-electron chi connectivity index (χ2n) is 3.86. The number of rotatable bonds is 4. The van der Waals surface area contributed by atoms with Crippen LogP contribution in [0.4, 0.5) is 0 Å². The zero-order chi connectivity index (χ0) is 11.5. The van der Waals surface area contributed by atoms with E-state index in [1.54, 1.807) is 18.4 Å². The van der Waals surface area contributed by atoms with E-state index in [1.165, 1.54) is 4.70 Å². The summed E-state index contributed by atoms with van der Waals surface area (Å²) in [6.45, 7) is 2.88. The predicted octanol–water partition coefficient (Wildman–Crippen LogP) is 2.76. The first-order valence-electron chi connectivity index (χ1n) is 5.39. The third kappa shape index (κ3) is 2.18. The average molecular weight is 236 g/mol. The average Bonchev–Trinajstić information content (AvgIpc) is 2.71. The SMILES string of the molecule is COc1ccc2nc(C(C)CCN)sc2c1. The van der Waals surface area contributed by atoms with Gasteiger partial charge in [0.2, 0.25) is 0 Å². The Morgan fingerprint density at radius 3 is 3.00 bits per heavy atom. The summed E-state index contributed by atoms with van der Waals surface area (Å²) in [4.78, 5) is 4.61. The standard InChI is InChI=1S/C12H16N2OS/c1-8(5-6-13)12-14-10-4-3-9(15-2)7-11(10)16-12/h3-4,7-8H,5-6,13H2,1-2H3. The molecule has 0 aliphatic heterocycles. The Balaban J connectivity index is 2.35. The van der Waals surface area contributed by atoms with Crippen molar-refractivity contribution in [3.8, 4) is 5.75 Å². The lowest BCUT2D eigenvalue weighted by Gasteiger charge is -2.03. The van der Waals surface area contributed by atoms with Crippen molar-refractivity contribution in [1.82, 2.24) is 4.98 Å². The van der Waals surface area contributed by atoms with E-state index in [0.29, 0.717) is 12.5 Å². The van der Waals surface area contributed by atoms with E-state index in [-0.39, 0.29) is 0 Å². The number of ether oxygens (including phenoxy) is 1. The number of hydrogen-bond acceptors (Lipinski definition) is 4. The Kier molecular flexibility index (Phi) is 3.41. The minimum Gasteiger partial charge on any atom is -0.497 e. The van der Waals surface area contributed by atoms with Crippen LogP contribution in [0.2, 0.25) is 0 Å². The van der Waals surface area contributed by atoms with Crippen molar-refractivity contribution in [2.45, 2.75) is 19.3 Å². The van der Waals surface area contributed by atoms with Crippen molar-refractivity contribution >= 4 is 21.6 Å². The van der Waals surface area contributed by atoms with Gasteiger partial charge in [0.15, 0.2) is 0 Å². The van der Waals surface area contributed by atoms with E-state index < -0.39 is 0 Å². The summed E-state index contributed by atoms with van der Waals surface area (Å²) in [5.41, 5.74) is 6.61. The van der Waals surface area contributed by atoms with Crippen molar-refractivity contribution in [2.24, 2.45) is 5.73 Å². The summed E-state index contributed by atoms with van der Waals surface area (Å²) in [5.74, 6) is 1.32. The number of thiazole rings is 1. The summed E-state index contributed by atoms with van der Waals surface area (Å²) >= 11 is 1.73. The summed E-state index contributed by atoms with van der Waals surface area (Å²) in [6.07, 6.45) is 0.983. The molecule has 0 saturated heterocycles. The molecule has 1 unspecified atom stereocenters. The molecule has 0 aliphatic carbocycles. The van der Waals surface area contributed by atoms with Gasteiger partial charge in [-0.05, 0) is 31.2 Å². The molecule has 2 rings (SSSR count). The van der Waals surface area contributed by atoms with E-state index in [2.05, 4.69) is 11.9 Å². The van der Waals surface area contributed by atoms with Crippen LogP contribution in [-0.4, -0.2) is 18.6 Å². The minimum atomic E-state index is 0.438. The first-order valence-corrected chi connectivity index (χ1v) is 6.20. The Morgan fingerprint density at radius 2 is 2.31 bits per heavy atom. The quantitative estimate of drug-likeness (QED) is 0.888. The third-order valence-corrected chi connectivity index (χ3v) is 3.88. The van der Waals surface area contributed by atoms with Gasteiger partial charge in [0.25, 0.3) is 0 Å². The fourth-order valence-electron chi connectivity index (χ4n) is 1.63. The molecule has 86 valence electrons. The van der Waals surface area contributed by atoms with Crippen molar-refractivity contribution in [1.29, 1.82) is 0 Å². The van der Waals surface area contributed by atoms with E-state index in [9.17, 15) is 0 Å². The summed E-state index contributed by atoms with van der Waals surface area (Å²) in [6, 6.07) is 5.98. The fraction of sp³-hybridized carbons (Fsp3) is 0.417. The van der Waals surface area contributed by atoms with Crippen LogP contribution < -0.4 is 10.5 Å². The van der Waals surface area contributed by atoms with Gasteiger partial charge in [-0.1, -0.05) is 6.92 Å². The van der Waals surface area contributed by atoms with Crippen LogP contribution in [-0.2, 0) is 0 Å². The molecule has 0 saturated carbocycles. The number of aromatic nitrogens is 1. The maximum absolute atomic E-state index is 5.56. The van der Waals surface area contributed by atoms with Crippen molar-refractivity contribution in [2.75, 3.05) is 13.7 Å². The number of hydrogen-bond donors (Lipinski definition) is 1. The van der Waals surface area contributed by atoms with Crippen LogP contribution in [0.25, 0.3) is 10.2 Å². The predicted molar refractivity (Wildman–Crippen MR) is 68.3 cm³/mol. The highest BCUT2D eigenvalue weighted by Crippen LogP contribution is 2.31. The molecule has 2 N–H and O–H groups in total.